The van der Waals surface area contributed by atoms with Crippen LogP contribution in [0.5, 0.6) is 5.75 Å². The first-order chi connectivity index (χ1) is 18.4. The molecule has 0 radical (unpaired) electrons. The number of benzene rings is 2. The molecule has 0 spiro atoms. The van der Waals surface area contributed by atoms with Crippen molar-refractivity contribution in [3.05, 3.63) is 109 Å². The molecule has 0 saturated carbocycles. The third-order valence-electron chi connectivity index (χ3n) is 6.13. The average molecular weight is 529 g/mol. The Kier molecular flexibility index (Phi) is 7.02. The second-order valence-electron chi connectivity index (χ2n) is 8.97. The standard InChI is InChI=1S/C29H28N4O4S/c1-5-36-21-13-11-19(12-14-21)26-25(27(34)31-20-9-7-6-8-10-20)18(2)30-29-33(26)28(35)23(38-29)17-22-15-16-24(37-22)32(3)4/h6-17,26H,5H2,1-4H3,(H,31,34)/b23-17-/t26-/m0/s1. The predicted octanol–water partition coefficient (Wildman–Crippen LogP) is 3.93. The largest absolute Gasteiger partial charge is 0.494 e. The highest BCUT2D eigenvalue weighted by molar-refractivity contribution is 7.07. The summed E-state index contributed by atoms with van der Waals surface area (Å²) in [4.78, 5) is 34.5. The predicted molar refractivity (Wildman–Crippen MR) is 149 cm³/mol. The van der Waals surface area contributed by atoms with Gasteiger partial charge in [-0.25, -0.2) is 4.99 Å². The van der Waals surface area contributed by atoms with E-state index >= 15 is 0 Å². The van der Waals surface area contributed by atoms with Gasteiger partial charge in [-0.15, -0.1) is 0 Å². The van der Waals surface area contributed by atoms with Crippen molar-refractivity contribution in [2.45, 2.75) is 19.9 Å². The highest BCUT2D eigenvalue weighted by atomic mass is 32.1. The number of para-hydroxylation sites is 1. The number of hydrogen-bond acceptors (Lipinski definition) is 7. The number of furan rings is 1. The minimum Gasteiger partial charge on any atom is -0.494 e. The summed E-state index contributed by atoms with van der Waals surface area (Å²) in [6.45, 7) is 4.26. The van der Waals surface area contributed by atoms with E-state index in [-0.39, 0.29) is 11.5 Å². The van der Waals surface area contributed by atoms with E-state index in [4.69, 9.17) is 9.15 Å². The van der Waals surface area contributed by atoms with Gasteiger partial charge in [0.1, 0.15) is 11.5 Å². The van der Waals surface area contributed by atoms with E-state index in [0.29, 0.717) is 50.3 Å². The number of carbonyl (C=O) groups is 1. The van der Waals surface area contributed by atoms with Crippen molar-refractivity contribution in [3.63, 3.8) is 0 Å². The summed E-state index contributed by atoms with van der Waals surface area (Å²) in [5.41, 5.74) is 2.16. The Bertz CT molecular complexity index is 1680. The van der Waals surface area contributed by atoms with E-state index in [9.17, 15) is 9.59 Å². The third-order valence-corrected chi connectivity index (χ3v) is 7.11. The number of anilines is 2. The third kappa shape index (κ3) is 4.92. The van der Waals surface area contributed by atoms with E-state index < -0.39 is 6.04 Å². The van der Waals surface area contributed by atoms with Crippen molar-refractivity contribution < 1.29 is 13.9 Å². The lowest BCUT2D eigenvalue weighted by Gasteiger charge is -2.25. The Morgan fingerprint density at radius 2 is 1.87 bits per heavy atom. The summed E-state index contributed by atoms with van der Waals surface area (Å²) in [6, 6.07) is 19.7. The van der Waals surface area contributed by atoms with E-state index in [0.717, 1.165) is 5.56 Å². The molecule has 9 heteroatoms. The van der Waals surface area contributed by atoms with Gasteiger partial charge in [0.2, 0.25) is 0 Å². The monoisotopic (exact) mass is 528 g/mol. The lowest BCUT2D eigenvalue weighted by Crippen LogP contribution is -2.40. The molecule has 2 aromatic heterocycles. The maximum atomic E-state index is 13.8. The Labute approximate surface area is 223 Å². The Morgan fingerprint density at radius 1 is 1.13 bits per heavy atom. The van der Waals surface area contributed by atoms with Crippen molar-refractivity contribution in [2.24, 2.45) is 4.99 Å². The van der Waals surface area contributed by atoms with E-state index in [1.807, 2.05) is 92.6 Å². The van der Waals surface area contributed by atoms with Crippen LogP contribution in [0, 0.1) is 0 Å². The fourth-order valence-corrected chi connectivity index (χ4v) is 5.38. The van der Waals surface area contributed by atoms with Crippen LogP contribution in [0.2, 0.25) is 0 Å². The zero-order chi connectivity index (χ0) is 26.8. The van der Waals surface area contributed by atoms with Crippen LogP contribution in [0.15, 0.2) is 92.2 Å². The summed E-state index contributed by atoms with van der Waals surface area (Å²) in [6.07, 6.45) is 1.72. The van der Waals surface area contributed by atoms with Crippen molar-refractivity contribution >= 4 is 34.9 Å². The maximum absolute atomic E-state index is 13.8. The summed E-state index contributed by atoms with van der Waals surface area (Å²) < 4.78 is 13.5. The van der Waals surface area contributed by atoms with Crippen LogP contribution in [0.25, 0.3) is 6.08 Å². The number of amides is 1. The smallest absolute Gasteiger partial charge is 0.271 e. The maximum Gasteiger partial charge on any atom is 0.271 e. The van der Waals surface area contributed by atoms with Gasteiger partial charge in [0.25, 0.3) is 11.5 Å². The van der Waals surface area contributed by atoms with Crippen LogP contribution in [0.3, 0.4) is 0 Å². The van der Waals surface area contributed by atoms with E-state index in [2.05, 4.69) is 10.3 Å². The number of allylic oxidation sites excluding steroid dienone is 1. The molecule has 5 rings (SSSR count). The molecule has 38 heavy (non-hydrogen) atoms. The molecule has 8 nitrogen and oxygen atoms in total. The Hall–Kier alpha value is -4.37. The number of thiazole rings is 1. The lowest BCUT2D eigenvalue weighted by molar-refractivity contribution is -0.113. The van der Waals surface area contributed by atoms with Crippen LogP contribution >= 0.6 is 11.3 Å². The van der Waals surface area contributed by atoms with Crippen molar-refractivity contribution in [3.8, 4) is 5.75 Å². The number of nitrogens with zero attached hydrogens (tertiary/aromatic N) is 3. The van der Waals surface area contributed by atoms with E-state index in [1.54, 1.807) is 17.6 Å². The van der Waals surface area contributed by atoms with Gasteiger partial charge in [0, 0.05) is 31.9 Å². The van der Waals surface area contributed by atoms with Crippen LogP contribution in [-0.4, -0.2) is 31.2 Å². The fraction of sp³-hybridized carbons (Fsp3) is 0.207. The first kappa shape index (κ1) is 25.3. The van der Waals surface area contributed by atoms with Gasteiger partial charge in [0.05, 0.1) is 28.5 Å². The number of fused-ring (bicyclic) bond motifs is 1. The highest BCUT2D eigenvalue weighted by Gasteiger charge is 2.32. The number of nitrogens with one attached hydrogen (secondary N) is 1. The molecule has 1 amide bonds. The highest BCUT2D eigenvalue weighted by Crippen LogP contribution is 2.31. The number of rotatable bonds is 7. The van der Waals surface area contributed by atoms with Gasteiger partial charge in [-0.1, -0.05) is 41.7 Å². The van der Waals surface area contributed by atoms with Gasteiger partial charge in [-0.3, -0.25) is 14.2 Å². The van der Waals surface area contributed by atoms with Crippen LogP contribution in [0.1, 0.15) is 31.2 Å². The van der Waals surface area contributed by atoms with Gasteiger partial charge in [-0.05, 0) is 49.7 Å². The second-order valence-corrected chi connectivity index (χ2v) is 9.98. The van der Waals surface area contributed by atoms with Gasteiger partial charge < -0.3 is 19.4 Å². The van der Waals surface area contributed by atoms with Crippen molar-refractivity contribution in [2.75, 3.05) is 30.9 Å². The zero-order valence-electron chi connectivity index (χ0n) is 21.6. The molecule has 0 bridgehead atoms. The van der Waals surface area contributed by atoms with Crippen LogP contribution in [-0.2, 0) is 4.79 Å². The number of aromatic nitrogens is 1. The minimum absolute atomic E-state index is 0.243. The van der Waals surface area contributed by atoms with Gasteiger partial charge >= 0.3 is 0 Å². The van der Waals surface area contributed by atoms with Crippen LogP contribution in [0.4, 0.5) is 11.6 Å². The van der Waals surface area contributed by atoms with Gasteiger partial charge in [0.15, 0.2) is 10.7 Å². The first-order valence-corrected chi connectivity index (χ1v) is 13.1. The quantitative estimate of drug-likeness (QED) is 0.393. The van der Waals surface area contributed by atoms with Crippen LogP contribution < -0.4 is 29.8 Å². The summed E-state index contributed by atoms with van der Waals surface area (Å²) in [7, 11) is 3.77. The summed E-state index contributed by atoms with van der Waals surface area (Å²) in [5.74, 6) is 1.66. The topological polar surface area (TPSA) is 89.1 Å². The summed E-state index contributed by atoms with van der Waals surface area (Å²) >= 11 is 1.27. The molecule has 2 aromatic carbocycles. The first-order valence-electron chi connectivity index (χ1n) is 12.2. The second kappa shape index (κ2) is 10.5. The normalized spacial score (nSPS) is 15.2. The zero-order valence-corrected chi connectivity index (χ0v) is 22.4. The minimum atomic E-state index is -0.665. The number of hydrogen-bond donors (Lipinski definition) is 1. The molecular weight excluding hydrogens is 500 g/mol. The van der Waals surface area contributed by atoms with E-state index in [1.165, 1.54) is 11.3 Å². The average Bonchev–Trinajstić information content (AvgIpc) is 3.49. The molecule has 0 fully saturated rings. The summed E-state index contributed by atoms with van der Waals surface area (Å²) in [5, 5.41) is 2.96. The van der Waals surface area contributed by atoms with Crippen molar-refractivity contribution in [1.29, 1.82) is 0 Å². The van der Waals surface area contributed by atoms with Gasteiger partial charge in [-0.2, -0.15) is 0 Å². The SMILES string of the molecule is CCOc1ccc([C@H]2C(C(=O)Nc3ccccc3)=C(C)N=c3s/c(=C\c4ccc(N(C)C)o4)c(=O)n32)cc1. The molecule has 1 aliphatic heterocycles. The molecular formula is C29H28N4O4S. The fourth-order valence-electron chi connectivity index (χ4n) is 4.35. The number of ether oxygens (including phenoxy) is 1. The molecule has 0 saturated heterocycles. The Balaban J connectivity index is 1.64. The molecule has 1 atom stereocenters. The lowest BCUT2D eigenvalue weighted by atomic mass is 9.95. The molecule has 1 aliphatic rings. The molecule has 194 valence electrons. The molecule has 1 N–H and O–H groups in total. The van der Waals surface area contributed by atoms with Crippen molar-refractivity contribution in [1.82, 2.24) is 4.57 Å². The Morgan fingerprint density at radius 3 is 2.53 bits per heavy atom. The molecule has 0 unspecified atom stereocenters. The molecule has 3 heterocycles. The molecule has 4 aromatic rings. The number of carbonyl (C=O) groups excluding carboxylic acids is 1. The molecule has 0 aliphatic carbocycles.